The van der Waals surface area contributed by atoms with Crippen LogP contribution in [-0.4, -0.2) is 17.6 Å². The molecule has 0 unspecified atom stereocenters. The Morgan fingerprint density at radius 3 is 0.500 bits per heavy atom. The van der Waals surface area contributed by atoms with Crippen LogP contribution in [0.15, 0.2) is 0 Å². The van der Waals surface area contributed by atoms with Gasteiger partial charge < -0.3 is 0 Å². The molecule has 0 amide bonds. The largest absolute Gasteiger partial charge is 0.0724 e. The van der Waals surface area contributed by atoms with E-state index in [4.69, 9.17) is 0 Å². The lowest BCUT2D eigenvalue weighted by Crippen LogP contribution is -1.84. The van der Waals surface area contributed by atoms with Crippen LogP contribution in [0.4, 0.5) is 0 Å². The summed E-state index contributed by atoms with van der Waals surface area (Å²) in [7, 11) is -0.278. The molecule has 0 rings (SSSR count). The van der Waals surface area contributed by atoms with Crippen LogP contribution in [0.1, 0.15) is 0 Å². The lowest BCUT2D eigenvalue weighted by atomic mass is 11.8. The standard InChI is InChI=1S/2C3H10Si/c2*1-4(2)3/h2*4H,1-3H3. The number of hydrogen-bond acceptors (Lipinski definition) is 0. The van der Waals surface area contributed by atoms with Gasteiger partial charge in [-0.1, -0.05) is 39.3 Å². The van der Waals surface area contributed by atoms with Gasteiger partial charge in [0.1, 0.15) is 0 Å². The molecular formula is C6H20Si2. The predicted molar refractivity (Wildman–Crippen MR) is 49.5 cm³/mol. The third-order valence-electron chi connectivity index (χ3n) is 0. The van der Waals surface area contributed by atoms with Gasteiger partial charge in [0.15, 0.2) is 0 Å². The number of rotatable bonds is 0. The van der Waals surface area contributed by atoms with Gasteiger partial charge in [-0.15, -0.1) is 0 Å². The van der Waals surface area contributed by atoms with Crippen molar-refractivity contribution in [2.45, 2.75) is 39.3 Å². The first-order chi connectivity index (χ1) is 3.46. The van der Waals surface area contributed by atoms with E-state index in [0.717, 1.165) is 0 Å². The Kier molecular flexibility index (Phi) is 10.5. The van der Waals surface area contributed by atoms with Crippen LogP contribution in [0.25, 0.3) is 0 Å². The summed E-state index contributed by atoms with van der Waals surface area (Å²) in [4.78, 5) is 0. The van der Waals surface area contributed by atoms with E-state index in [-0.39, 0.29) is 17.6 Å². The molecule has 8 heavy (non-hydrogen) atoms. The predicted octanol–water partition coefficient (Wildman–Crippen LogP) is 2.21. The zero-order valence-corrected chi connectivity index (χ0v) is 9.46. The lowest BCUT2D eigenvalue weighted by molar-refractivity contribution is 1.91. The minimum atomic E-state index is -0.139. The Hall–Kier alpha value is 0.434. The zero-order valence-electron chi connectivity index (χ0n) is 7.15. The molecule has 0 aliphatic rings. The van der Waals surface area contributed by atoms with Crippen LogP contribution in [0.2, 0.25) is 39.3 Å². The van der Waals surface area contributed by atoms with Crippen LogP contribution in [-0.2, 0) is 0 Å². The third-order valence-corrected chi connectivity index (χ3v) is 0. The Morgan fingerprint density at radius 2 is 0.500 bits per heavy atom. The monoisotopic (exact) mass is 148 g/mol. The molecular weight excluding hydrogens is 128 g/mol. The Labute approximate surface area is 57.5 Å². The minimum Gasteiger partial charge on any atom is -0.0724 e. The summed E-state index contributed by atoms with van der Waals surface area (Å²) in [6.45, 7) is 13.8. The van der Waals surface area contributed by atoms with Gasteiger partial charge in [-0.2, -0.15) is 0 Å². The zero-order chi connectivity index (χ0) is 7.15. The Bertz CT molecular complexity index is 22.0. The average Bonchev–Trinajstić information content (AvgIpc) is 1.25. The fraction of sp³-hybridized carbons (Fsp3) is 1.00. The van der Waals surface area contributed by atoms with E-state index < -0.39 is 0 Å². The summed E-state index contributed by atoms with van der Waals surface area (Å²) in [6, 6.07) is 0. The van der Waals surface area contributed by atoms with Gasteiger partial charge in [0.25, 0.3) is 0 Å². The van der Waals surface area contributed by atoms with Crippen molar-refractivity contribution >= 4 is 17.6 Å². The molecule has 0 nitrogen and oxygen atoms in total. The molecule has 52 valence electrons. The molecule has 0 aliphatic carbocycles. The molecule has 0 aliphatic heterocycles. The van der Waals surface area contributed by atoms with Crippen molar-refractivity contribution in [3.63, 3.8) is 0 Å². The fourth-order valence-electron chi connectivity index (χ4n) is 0. The SMILES string of the molecule is C[SiH](C)C.C[SiH](C)C. The highest BCUT2D eigenvalue weighted by atomic mass is 28.3. The van der Waals surface area contributed by atoms with Crippen LogP contribution >= 0.6 is 0 Å². The lowest BCUT2D eigenvalue weighted by Gasteiger charge is -1.75. The van der Waals surface area contributed by atoms with Crippen molar-refractivity contribution in [1.82, 2.24) is 0 Å². The average molecular weight is 148 g/mol. The van der Waals surface area contributed by atoms with Gasteiger partial charge in [-0.25, -0.2) is 0 Å². The molecule has 0 aromatic rings. The Balaban J connectivity index is 0. The highest BCUT2D eigenvalue weighted by Crippen LogP contribution is 1.68. The van der Waals surface area contributed by atoms with Crippen molar-refractivity contribution in [3.05, 3.63) is 0 Å². The van der Waals surface area contributed by atoms with Crippen molar-refractivity contribution in [2.75, 3.05) is 0 Å². The van der Waals surface area contributed by atoms with E-state index in [0.29, 0.717) is 0 Å². The van der Waals surface area contributed by atoms with Gasteiger partial charge in [-0.05, 0) is 0 Å². The molecule has 0 saturated heterocycles. The summed E-state index contributed by atoms with van der Waals surface area (Å²) in [5.74, 6) is 0. The van der Waals surface area contributed by atoms with E-state index in [1.54, 1.807) is 0 Å². The molecule has 0 spiro atoms. The van der Waals surface area contributed by atoms with Crippen molar-refractivity contribution < 1.29 is 0 Å². The van der Waals surface area contributed by atoms with E-state index in [9.17, 15) is 0 Å². The highest BCUT2D eigenvalue weighted by Gasteiger charge is 1.71. The topological polar surface area (TPSA) is 0 Å². The summed E-state index contributed by atoms with van der Waals surface area (Å²) >= 11 is 0. The van der Waals surface area contributed by atoms with Crippen LogP contribution < -0.4 is 0 Å². The van der Waals surface area contributed by atoms with Crippen molar-refractivity contribution in [3.8, 4) is 0 Å². The van der Waals surface area contributed by atoms with Crippen molar-refractivity contribution in [2.24, 2.45) is 0 Å². The molecule has 0 bridgehead atoms. The maximum absolute atomic E-state index is 2.31. The second-order valence-corrected chi connectivity index (χ2v) is 10.4. The highest BCUT2D eigenvalue weighted by molar-refractivity contribution is 6.54. The Morgan fingerprint density at radius 1 is 0.500 bits per heavy atom. The summed E-state index contributed by atoms with van der Waals surface area (Å²) < 4.78 is 0. The second kappa shape index (κ2) is 7.43. The van der Waals surface area contributed by atoms with Crippen LogP contribution in [0.3, 0.4) is 0 Å². The quantitative estimate of drug-likeness (QED) is 0.462. The molecule has 0 heterocycles. The van der Waals surface area contributed by atoms with Crippen molar-refractivity contribution in [1.29, 1.82) is 0 Å². The van der Waals surface area contributed by atoms with E-state index >= 15 is 0 Å². The van der Waals surface area contributed by atoms with Gasteiger partial charge in [0, 0.05) is 17.6 Å². The van der Waals surface area contributed by atoms with Crippen LogP contribution in [0, 0.1) is 0 Å². The summed E-state index contributed by atoms with van der Waals surface area (Å²) in [5.41, 5.74) is 0. The first-order valence-electron chi connectivity index (χ1n) is 3.46. The molecule has 0 N–H and O–H groups in total. The smallest absolute Gasteiger partial charge is 0.0274 e. The van der Waals surface area contributed by atoms with E-state index in [1.165, 1.54) is 0 Å². The van der Waals surface area contributed by atoms with Gasteiger partial charge in [0.05, 0.1) is 0 Å². The number of hydrogen-bond donors (Lipinski definition) is 0. The molecule has 0 atom stereocenters. The minimum absolute atomic E-state index is 0.139. The first kappa shape index (κ1) is 11.3. The van der Waals surface area contributed by atoms with Crippen LogP contribution in [0.5, 0.6) is 0 Å². The maximum atomic E-state index is 2.31. The maximum Gasteiger partial charge on any atom is 0.0274 e. The normalized spacial score (nSPS) is 9.00. The van der Waals surface area contributed by atoms with Gasteiger partial charge in [-0.3, -0.25) is 0 Å². The van der Waals surface area contributed by atoms with E-state index in [1.807, 2.05) is 0 Å². The molecule has 0 fully saturated rings. The summed E-state index contributed by atoms with van der Waals surface area (Å²) in [6.07, 6.45) is 0. The second-order valence-electron chi connectivity index (χ2n) is 3.46. The molecule has 2 heteroatoms. The third kappa shape index (κ3) is 1010. The molecule has 0 saturated carbocycles. The summed E-state index contributed by atoms with van der Waals surface area (Å²) in [5, 5.41) is 0. The fourth-order valence-corrected chi connectivity index (χ4v) is 0. The van der Waals surface area contributed by atoms with Gasteiger partial charge in [0.2, 0.25) is 0 Å². The molecule has 0 aromatic carbocycles. The van der Waals surface area contributed by atoms with E-state index in [2.05, 4.69) is 39.3 Å². The van der Waals surface area contributed by atoms with Gasteiger partial charge >= 0.3 is 0 Å². The first-order valence-corrected chi connectivity index (χ1v) is 10.4. The molecule has 0 radical (unpaired) electrons. The molecule has 0 aromatic heterocycles.